The van der Waals surface area contributed by atoms with Gasteiger partial charge in [-0.05, 0) is 13.8 Å². The van der Waals surface area contributed by atoms with Crippen molar-refractivity contribution in [3.63, 3.8) is 0 Å². The van der Waals surface area contributed by atoms with Gasteiger partial charge in [-0.1, -0.05) is 11.8 Å². The second-order valence-corrected chi connectivity index (χ2v) is 5.19. The van der Waals surface area contributed by atoms with Crippen LogP contribution in [0.5, 0.6) is 0 Å². The zero-order valence-corrected chi connectivity index (χ0v) is 12.1. The molecule has 0 saturated heterocycles. The molecule has 0 aromatic carbocycles. The summed E-state index contributed by atoms with van der Waals surface area (Å²) in [6.45, 7) is 2.30. The van der Waals surface area contributed by atoms with Gasteiger partial charge in [0.05, 0.1) is 5.75 Å². The van der Waals surface area contributed by atoms with Crippen LogP contribution in [0.4, 0.5) is 18.0 Å². The monoisotopic (exact) mass is 325 g/mol. The smallest absolute Gasteiger partial charge is 0.329 e. The molecule has 0 saturated carbocycles. The molecule has 1 aromatic heterocycles. The number of amides is 3. The Morgan fingerprint density at radius 2 is 2.10 bits per heavy atom. The number of carbonyl (C=O) groups excluding carboxylic acids is 2. The molecule has 118 valence electrons. The lowest BCUT2D eigenvalue weighted by Crippen LogP contribution is -2.43. The minimum absolute atomic E-state index is 0.0978. The number of urea groups is 1. The molecule has 1 aromatic rings. The van der Waals surface area contributed by atoms with E-state index in [0.29, 0.717) is 5.16 Å². The molecule has 2 N–H and O–H groups in total. The van der Waals surface area contributed by atoms with Crippen molar-refractivity contribution in [2.75, 3.05) is 12.3 Å². The third kappa shape index (κ3) is 6.47. The number of imide groups is 1. The summed E-state index contributed by atoms with van der Waals surface area (Å²) in [5, 5.41) is 11.3. The Labute approximate surface area is 122 Å². The van der Waals surface area contributed by atoms with Gasteiger partial charge in [0, 0.05) is 6.04 Å². The molecule has 3 amide bonds. The van der Waals surface area contributed by atoms with Gasteiger partial charge in [-0.3, -0.25) is 10.1 Å². The largest absolute Gasteiger partial charge is 0.405 e. The molecule has 0 bridgehead atoms. The van der Waals surface area contributed by atoms with Gasteiger partial charge in [0.25, 0.3) is 0 Å². The lowest BCUT2D eigenvalue weighted by Gasteiger charge is -2.10. The number of nitrogens with one attached hydrogen (secondary N) is 2. The third-order valence-electron chi connectivity index (χ3n) is 2.13. The van der Waals surface area contributed by atoms with Crippen molar-refractivity contribution in [1.29, 1.82) is 0 Å². The van der Waals surface area contributed by atoms with E-state index in [9.17, 15) is 22.8 Å². The van der Waals surface area contributed by atoms with Crippen LogP contribution in [0.15, 0.2) is 11.5 Å². The summed E-state index contributed by atoms with van der Waals surface area (Å²) in [6, 6.07) is -1.09. The number of alkyl halides is 3. The van der Waals surface area contributed by atoms with Crippen LogP contribution in [0.3, 0.4) is 0 Å². The van der Waals surface area contributed by atoms with Gasteiger partial charge in [-0.15, -0.1) is 10.2 Å². The van der Waals surface area contributed by atoms with Crippen LogP contribution in [0.25, 0.3) is 0 Å². The Morgan fingerprint density at radius 1 is 1.43 bits per heavy atom. The molecular weight excluding hydrogens is 311 g/mol. The van der Waals surface area contributed by atoms with E-state index in [0.717, 1.165) is 11.8 Å². The number of halogens is 3. The van der Waals surface area contributed by atoms with Crippen LogP contribution in [0, 0.1) is 0 Å². The van der Waals surface area contributed by atoms with Gasteiger partial charge < -0.3 is 9.88 Å². The van der Waals surface area contributed by atoms with E-state index in [1.54, 1.807) is 9.88 Å². The quantitative estimate of drug-likeness (QED) is 0.798. The van der Waals surface area contributed by atoms with Crippen molar-refractivity contribution in [3.05, 3.63) is 6.33 Å². The second-order valence-electron chi connectivity index (χ2n) is 4.25. The van der Waals surface area contributed by atoms with Crippen molar-refractivity contribution < 1.29 is 22.8 Å². The standard InChI is InChI=1S/C10H14F3N5O2S/c1-6(2)18-5-15-17-9(18)21-3-7(19)16-8(20)14-4-10(11,12)13/h5-6H,3-4H2,1-2H3,(H2,14,16,19,20). The highest BCUT2D eigenvalue weighted by Crippen LogP contribution is 2.18. The first kappa shape index (κ1) is 17.3. The molecule has 0 spiro atoms. The molecule has 0 radical (unpaired) electrons. The lowest BCUT2D eigenvalue weighted by atomic mass is 10.4. The van der Waals surface area contributed by atoms with Crippen molar-refractivity contribution in [1.82, 2.24) is 25.4 Å². The fourth-order valence-electron chi connectivity index (χ4n) is 1.21. The second kappa shape index (κ2) is 7.29. The van der Waals surface area contributed by atoms with Crippen LogP contribution in [-0.4, -0.2) is 45.2 Å². The van der Waals surface area contributed by atoms with Gasteiger partial charge in [-0.25, -0.2) is 4.79 Å². The number of aromatic nitrogens is 3. The van der Waals surface area contributed by atoms with Gasteiger partial charge in [-0.2, -0.15) is 13.2 Å². The predicted molar refractivity (Wildman–Crippen MR) is 68.7 cm³/mol. The van der Waals surface area contributed by atoms with E-state index < -0.39 is 24.7 Å². The van der Waals surface area contributed by atoms with Crippen molar-refractivity contribution in [2.45, 2.75) is 31.2 Å². The maximum atomic E-state index is 11.9. The number of hydrogen-bond donors (Lipinski definition) is 2. The fraction of sp³-hybridized carbons (Fsp3) is 0.600. The first-order chi connectivity index (χ1) is 9.69. The molecule has 11 heteroatoms. The van der Waals surface area contributed by atoms with Crippen molar-refractivity contribution in [3.8, 4) is 0 Å². The van der Waals surface area contributed by atoms with Gasteiger partial charge in [0.2, 0.25) is 5.91 Å². The summed E-state index contributed by atoms with van der Waals surface area (Å²) in [5.74, 6) is -0.886. The Hall–Kier alpha value is -1.78. The van der Waals surface area contributed by atoms with Crippen molar-refractivity contribution >= 4 is 23.7 Å². The molecule has 1 heterocycles. The third-order valence-corrected chi connectivity index (χ3v) is 3.09. The Morgan fingerprint density at radius 3 is 2.67 bits per heavy atom. The summed E-state index contributed by atoms with van der Waals surface area (Å²) in [5.41, 5.74) is 0. The zero-order chi connectivity index (χ0) is 16.0. The minimum Gasteiger partial charge on any atom is -0.329 e. The summed E-state index contributed by atoms with van der Waals surface area (Å²) in [4.78, 5) is 22.5. The predicted octanol–water partition coefficient (Wildman–Crippen LogP) is 1.34. The van der Waals surface area contributed by atoms with Crippen LogP contribution in [0.2, 0.25) is 0 Å². The average Bonchev–Trinajstić information content (AvgIpc) is 2.81. The van der Waals surface area contributed by atoms with Crippen LogP contribution in [-0.2, 0) is 4.79 Å². The van der Waals surface area contributed by atoms with E-state index in [1.807, 2.05) is 13.8 Å². The molecule has 1 rings (SSSR count). The number of hydrogen-bond acceptors (Lipinski definition) is 5. The average molecular weight is 325 g/mol. The number of nitrogens with zero attached hydrogens (tertiary/aromatic N) is 3. The molecule has 21 heavy (non-hydrogen) atoms. The van der Waals surface area contributed by atoms with Crippen molar-refractivity contribution in [2.24, 2.45) is 0 Å². The zero-order valence-electron chi connectivity index (χ0n) is 11.3. The maximum absolute atomic E-state index is 11.9. The lowest BCUT2D eigenvalue weighted by molar-refractivity contribution is -0.124. The van der Waals surface area contributed by atoms with E-state index in [1.165, 1.54) is 11.6 Å². The molecule has 0 fully saturated rings. The highest BCUT2D eigenvalue weighted by molar-refractivity contribution is 7.99. The normalized spacial score (nSPS) is 11.5. The summed E-state index contributed by atoms with van der Waals surface area (Å²) >= 11 is 1.03. The van der Waals surface area contributed by atoms with Crippen LogP contribution < -0.4 is 10.6 Å². The summed E-state index contributed by atoms with van der Waals surface area (Å²) < 4.78 is 37.3. The maximum Gasteiger partial charge on any atom is 0.405 e. The molecule has 0 aliphatic rings. The Kier molecular flexibility index (Phi) is 6.00. The van der Waals surface area contributed by atoms with Gasteiger partial charge in [0.15, 0.2) is 5.16 Å². The highest BCUT2D eigenvalue weighted by Gasteiger charge is 2.28. The molecule has 0 unspecified atom stereocenters. The number of carbonyl (C=O) groups is 2. The first-order valence-corrected chi connectivity index (χ1v) is 6.84. The van der Waals surface area contributed by atoms with E-state index in [4.69, 9.17) is 0 Å². The summed E-state index contributed by atoms with van der Waals surface area (Å²) in [6.07, 6.45) is -3.02. The van der Waals surface area contributed by atoms with E-state index >= 15 is 0 Å². The minimum atomic E-state index is -4.52. The van der Waals surface area contributed by atoms with Crippen LogP contribution in [0.1, 0.15) is 19.9 Å². The molecule has 0 aliphatic carbocycles. The molecule has 0 atom stereocenters. The Balaban J connectivity index is 2.37. The molecular formula is C10H14F3N5O2S. The molecule has 7 nitrogen and oxygen atoms in total. The molecule has 0 aliphatic heterocycles. The van der Waals surface area contributed by atoms with Gasteiger partial charge >= 0.3 is 12.2 Å². The Bertz CT molecular complexity index is 503. The van der Waals surface area contributed by atoms with E-state index in [2.05, 4.69) is 10.2 Å². The van der Waals surface area contributed by atoms with Crippen LogP contribution >= 0.6 is 11.8 Å². The number of rotatable bonds is 5. The SMILES string of the molecule is CC(C)n1cnnc1SCC(=O)NC(=O)NCC(F)(F)F. The topological polar surface area (TPSA) is 88.9 Å². The van der Waals surface area contributed by atoms with E-state index in [-0.39, 0.29) is 11.8 Å². The first-order valence-electron chi connectivity index (χ1n) is 5.86. The highest BCUT2D eigenvalue weighted by atomic mass is 32.2. The fourth-order valence-corrected chi connectivity index (χ4v) is 2.05. The summed E-state index contributed by atoms with van der Waals surface area (Å²) in [7, 11) is 0. The van der Waals surface area contributed by atoms with Gasteiger partial charge in [0.1, 0.15) is 12.9 Å². The number of thioether (sulfide) groups is 1.